The summed E-state index contributed by atoms with van der Waals surface area (Å²) < 4.78 is 5.21. The van der Waals surface area contributed by atoms with Gasteiger partial charge in [-0.15, -0.1) is 0 Å². The van der Waals surface area contributed by atoms with Gasteiger partial charge in [0.1, 0.15) is 0 Å². The summed E-state index contributed by atoms with van der Waals surface area (Å²) in [4.78, 5) is 2.49. The molecule has 1 atom stereocenters. The molecule has 0 aliphatic carbocycles. The zero-order valence-corrected chi connectivity index (χ0v) is 13.5. The van der Waals surface area contributed by atoms with Gasteiger partial charge in [0.15, 0.2) is 0 Å². The fraction of sp³-hybridized carbons (Fsp3) is 1.00. The molecule has 4 nitrogen and oxygen atoms in total. The minimum Gasteiger partial charge on any atom is -0.394 e. The van der Waals surface area contributed by atoms with Gasteiger partial charge in [0.25, 0.3) is 0 Å². The molecule has 19 heavy (non-hydrogen) atoms. The van der Waals surface area contributed by atoms with Gasteiger partial charge in [-0.1, -0.05) is 20.8 Å². The summed E-state index contributed by atoms with van der Waals surface area (Å²) in [6, 6.07) is 0.611. The van der Waals surface area contributed by atoms with Gasteiger partial charge in [0, 0.05) is 31.8 Å². The molecule has 0 aromatic rings. The summed E-state index contributed by atoms with van der Waals surface area (Å²) in [5.74, 6) is 0. The van der Waals surface area contributed by atoms with Gasteiger partial charge >= 0.3 is 0 Å². The Morgan fingerprint density at radius 2 is 1.84 bits per heavy atom. The number of likely N-dealkylation sites (N-methyl/N-ethyl adjacent to an activating group) is 1. The first-order chi connectivity index (χ1) is 9.06. The van der Waals surface area contributed by atoms with Crippen molar-refractivity contribution in [1.29, 1.82) is 0 Å². The Bertz CT molecular complexity index is 210. The predicted octanol–water partition coefficient (Wildman–Crippen LogP) is 1.87. The summed E-state index contributed by atoms with van der Waals surface area (Å²) >= 11 is 0. The fourth-order valence-corrected chi connectivity index (χ4v) is 2.53. The van der Waals surface area contributed by atoms with Crippen LogP contribution in [-0.2, 0) is 4.74 Å². The number of methoxy groups -OCH3 is 1. The lowest BCUT2D eigenvalue weighted by atomic mass is 9.97. The van der Waals surface area contributed by atoms with E-state index in [0.29, 0.717) is 6.04 Å². The molecule has 0 amide bonds. The molecule has 0 rings (SSSR count). The molecule has 4 heteroatoms. The van der Waals surface area contributed by atoms with E-state index < -0.39 is 0 Å². The van der Waals surface area contributed by atoms with Crippen molar-refractivity contribution in [2.24, 2.45) is 0 Å². The molecule has 0 saturated carbocycles. The number of hydrogen-bond donors (Lipinski definition) is 2. The molecule has 0 aliphatic heterocycles. The maximum absolute atomic E-state index is 9.55. The Balaban J connectivity index is 4.45. The molecule has 0 saturated heterocycles. The number of aliphatic hydroxyl groups is 1. The molecule has 1 unspecified atom stereocenters. The molecule has 0 aliphatic rings. The van der Waals surface area contributed by atoms with Gasteiger partial charge in [-0.2, -0.15) is 0 Å². The highest BCUT2D eigenvalue weighted by atomic mass is 16.5. The number of hydrogen-bond acceptors (Lipinski definition) is 4. The van der Waals surface area contributed by atoms with Gasteiger partial charge in [-0.3, -0.25) is 4.90 Å². The monoisotopic (exact) mass is 274 g/mol. The lowest BCUT2D eigenvalue weighted by Gasteiger charge is -2.35. The average molecular weight is 274 g/mol. The second-order valence-electron chi connectivity index (χ2n) is 5.50. The van der Waals surface area contributed by atoms with Gasteiger partial charge < -0.3 is 15.2 Å². The van der Waals surface area contributed by atoms with Gasteiger partial charge in [0.2, 0.25) is 0 Å². The molecule has 0 spiro atoms. The lowest BCUT2D eigenvalue weighted by Crippen LogP contribution is -2.49. The average Bonchev–Trinajstić information content (AvgIpc) is 2.42. The Labute approximate surface area is 119 Å². The van der Waals surface area contributed by atoms with Gasteiger partial charge in [-0.05, 0) is 32.7 Å². The smallest absolute Gasteiger partial charge is 0.0611 e. The van der Waals surface area contributed by atoms with Gasteiger partial charge in [-0.25, -0.2) is 0 Å². The van der Waals surface area contributed by atoms with E-state index >= 15 is 0 Å². The summed E-state index contributed by atoms with van der Waals surface area (Å²) in [7, 11) is 1.75. The van der Waals surface area contributed by atoms with Crippen LogP contribution < -0.4 is 5.32 Å². The van der Waals surface area contributed by atoms with Crippen LogP contribution in [0.3, 0.4) is 0 Å². The molecule has 0 bridgehead atoms. The first-order valence-corrected chi connectivity index (χ1v) is 7.65. The van der Waals surface area contributed by atoms with Crippen molar-refractivity contribution in [3.05, 3.63) is 0 Å². The van der Waals surface area contributed by atoms with E-state index in [4.69, 9.17) is 4.74 Å². The van der Waals surface area contributed by atoms with E-state index in [2.05, 4.69) is 37.9 Å². The Morgan fingerprint density at radius 3 is 2.26 bits per heavy atom. The summed E-state index contributed by atoms with van der Waals surface area (Å²) in [6.45, 7) is 12.5. The Morgan fingerprint density at radius 1 is 1.21 bits per heavy atom. The van der Waals surface area contributed by atoms with E-state index in [1.807, 2.05) is 0 Å². The quantitative estimate of drug-likeness (QED) is 0.570. The third-order valence-electron chi connectivity index (χ3n) is 3.94. The van der Waals surface area contributed by atoms with Crippen LogP contribution >= 0.6 is 0 Å². The summed E-state index contributed by atoms with van der Waals surface area (Å²) in [5, 5.41) is 12.9. The second kappa shape index (κ2) is 10.6. The summed E-state index contributed by atoms with van der Waals surface area (Å²) in [6.07, 6.45) is 3.28. The number of aliphatic hydroxyl groups excluding tert-OH is 1. The molecule has 0 radical (unpaired) electrons. The summed E-state index contributed by atoms with van der Waals surface area (Å²) in [5.41, 5.74) is -0.174. The van der Waals surface area contributed by atoms with Crippen molar-refractivity contribution in [2.75, 3.05) is 40.0 Å². The maximum atomic E-state index is 9.55. The number of rotatable bonds is 12. The van der Waals surface area contributed by atoms with Gasteiger partial charge in [0.05, 0.1) is 13.2 Å². The zero-order valence-electron chi connectivity index (χ0n) is 13.5. The van der Waals surface area contributed by atoms with E-state index in [0.717, 1.165) is 45.5 Å². The van der Waals surface area contributed by atoms with Crippen LogP contribution in [0.25, 0.3) is 0 Å². The molecular formula is C15H34N2O2. The molecule has 0 aromatic heterocycles. The minimum atomic E-state index is -0.174. The SMILES string of the molecule is CCNC(C)(CO)CCN(CCOC)C(CC)CC. The molecule has 0 aromatic carbocycles. The van der Waals surface area contributed by atoms with Crippen LogP contribution in [0.4, 0.5) is 0 Å². The highest BCUT2D eigenvalue weighted by molar-refractivity contribution is 4.84. The van der Waals surface area contributed by atoms with Crippen molar-refractivity contribution in [3.63, 3.8) is 0 Å². The standard InChI is InChI=1S/C15H34N2O2/c1-6-14(7-2)17(11-12-19-5)10-9-15(4,13-18)16-8-3/h14,16,18H,6-13H2,1-5H3. The van der Waals surface area contributed by atoms with E-state index in [1.54, 1.807) is 7.11 Å². The van der Waals surface area contributed by atoms with Crippen LogP contribution in [0.15, 0.2) is 0 Å². The van der Waals surface area contributed by atoms with Crippen molar-refractivity contribution in [3.8, 4) is 0 Å². The minimum absolute atomic E-state index is 0.174. The number of nitrogens with one attached hydrogen (secondary N) is 1. The maximum Gasteiger partial charge on any atom is 0.0611 e. The first-order valence-electron chi connectivity index (χ1n) is 7.65. The van der Waals surface area contributed by atoms with E-state index in [9.17, 15) is 5.11 Å². The Kier molecular flexibility index (Phi) is 10.5. The first kappa shape index (κ1) is 18.8. The largest absolute Gasteiger partial charge is 0.394 e. The van der Waals surface area contributed by atoms with E-state index in [-0.39, 0.29) is 12.1 Å². The topological polar surface area (TPSA) is 44.7 Å². The van der Waals surface area contributed by atoms with Crippen molar-refractivity contribution in [2.45, 2.75) is 58.5 Å². The zero-order chi connectivity index (χ0) is 14.7. The molecule has 0 fully saturated rings. The predicted molar refractivity (Wildman–Crippen MR) is 81.6 cm³/mol. The normalized spacial score (nSPS) is 15.2. The molecule has 116 valence electrons. The van der Waals surface area contributed by atoms with Crippen LogP contribution in [0, 0.1) is 0 Å². The highest BCUT2D eigenvalue weighted by Gasteiger charge is 2.24. The Hall–Kier alpha value is -0.160. The highest BCUT2D eigenvalue weighted by Crippen LogP contribution is 2.14. The van der Waals surface area contributed by atoms with Crippen LogP contribution in [0.1, 0.15) is 47.0 Å². The lowest BCUT2D eigenvalue weighted by molar-refractivity contribution is 0.0941. The van der Waals surface area contributed by atoms with E-state index in [1.165, 1.54) is 0 Å². The fourth-order valence-electron chi connectivity index (χ4n) is 2.53. The second-order valence-corrected chi connectivity index (χ2v) is 5.50. The van der Waals surface area contributed by atoms with Crippen molar-refractivity contribution < 1.29 is 9.84 Å². The van der Waals surface area contributed by atoms with Crippen LogP contribution in [0.2, 0.25) is 0 Å². The molecular weight excluding hydrogens is 240 g/mol. The third kappa shape index (κ3) is 7.25. The molecule has 0 heterocycles. The molecule has 2 N–H and O–H groups in total. The van der Waals surface area contributed by atoms with Crippen molar-refractivity contribution >= 4 is 0 Å². The number of nitrogens with zero attached hydrogens (tertiary/aromatic N) is 1. The van der Waals surface area contributed by atoms with Crippen LogP contribution in [-0.4, -0.2) is 61.5 Å². The third-order valence-corrected chi connectivity index (χ3v) is 3.94. The number of ether oxygens (including phenoxy) is 1. The van der Waals surface area contributed by atoms with Crippen molar-refractivity contribution in [1.82, 2.24) is 10.2 Å². The van der Waals surface area contributed by atoms with Crippen LogP contribution in [0.5, 0.6) is 0 Å².